The van der Waals surface area contributed by atoms with Crippen molar-refractivity contribution in [2.45, 2.75) is 38.0 Å². The Kier molecular flexibility index (Phi) is 6.10. The fourth-order valence-corrected chi connectivity index (χ4v) is 3.01. The number of ether oxygens (including phenoxy) is 1. The van der Waals surface area contributed by atoms with Crippen LogP contribution in [0.15, 0.2) is 24.3 Å². The lowest BCUT2D eigenvalue weighted by molar-refractivity contribution is -0.186. The second kappa shape index (κ2) is 7.88. The van der Waals surface area contributed by atoms with Crippen LogP contribution in [0.2, 0.25) is 0 Å². The number of carbonyl (C=O) groups is 1. The first-order chi connectivity index (χ1) is 11.3. The van der Waals surface area contributed by atoms with Crippen LogP contribution in [0.4, 0.5) is 13.2 Å². The van der Waals surface area contributed by atoms with Gasteiger partial charge in [-0.25, -0.2) is 0 Å². The third-order valence-electron chi connectivity index (χ3n) is 4.48. The Hall–Kier alpha value is -1.76. The zero-order chi connectivity index (χ0) is 17.7. The maximum absolute atomic E-state index is 12.8. The first kappa shape index (κ1) is 18.6. The fourth-order valence-electron chi connectivity index (χ4n) is 3.01. The molecule has 3 atom stereocenters. The van der Waals surface area contributed by atoms with Crippen LogP contribution >= 0.6 is 0 Å². The lowest BCUT2D eigenvalue weighted by Crippen LogP contribution is -2.38. The molecule has 0 heterocycles. The summed E-state index contributed by atoms with van der Waals surface area (Å²) in [5.74, 6) is -1.83. The molecule has 1 fully saturated rings. The lowest BCUT2D eigenvalue weighted by atomic mass is 9.80. The molecule has 0 aliphatic heterocycles. The van der Waals surface area contributed by atoms with Crippen LogP contribution in [0.3, 0.4) is 0 Å². The molecule has 24 heavy (non-hydrogen) atoms. The molecular weight excluding hydrogens is 323 g/mol. The van der Waals surface area contributed by atoms with E-state index in [1.807, 2.05) is 0 Å². The highest BCUT2D eigenvalue weighted by Crippen LogP contribution is 2.39. The van der Waals surface area contributed by atoms with Crippen molar-refractivity contribution in [3.8, 4) is 5.75 Å². The highest BCUT2D eigenvalue weighted by atomic mass is 19.4. The third-order valence-corrected chi connectivity index (χ3v) is 4.48. The Morgan fingerprint density at radius 2 is 2.00 bits per heavy atom. The van der Waals surface area contributed by atoms with Crippen LogP contribution in [-0.4, -0.2) is 30.8 Å². The number of hydrogen-bond donors (Lipinski definition) is 2. The Bertz CT molecular complexity index is 545. The number of alkyl halides is 3. The molecule has 1 aromatic rings. The summed E-state index contributed by atoms with van der Waals surface area (Å²) in [6.45, 7) is -0.0294. The zero-order valence-corrected chi connectivity index (χ0v) is 13.5. The molecule has 134 valence electrons. The van der Waals surface area contributed by atoms with Crippen molar-refractivity contribution in [2.75, 3.05) is 13.7 Å². The van der Waals surface area contributed by atoms with Crippen LogP contribution in [0.25, 0.3) is 0 Å². The zero-order valence-electron chi connectivity index (χ0n) is 13.5. The van der Waals surface area contributed by atoms with E-state index in [0.717, 1.165) is 0 Å². The van der Waals surface area contributed by atoms with Gasteiger partial charge in [0.1, 0.15) is 5.75 Å². The molecule has 1 aromatic carbocycles. The lowest BCUT2D eigenvalue weighted by Gasteiger charge is -2.30. The van der Waals surface area contributed by atoms with Gasteiger partial charge in [-0.3, -0.25) is 4.79 Å². The molecule has 0 radical (unpaired) electrons. The first-order valence-corrected chi connectivity index (χ1v) is 7.97. The summed E-state index contributed by atoms with van der Waals surface area (Å²) in [6.07, 6.45) is -4.40. The average molecular weight is 345 g/mol. The van der Waals surface area contributed by atoms with Gasteiger partial charge in [0.2, 0.25) is 5.91 Å². The summed E-state index contributed by atoms with van der Waals surface area (Å²) in [4.78, 5) is 12.1. The van der Waals surface area contributed by atoms with Crippen LogP contribution in [0.1, 0.15) is 37.4 Å². The van der Waals surface area contributed by atoms with Gasteiger partial charge in [-0.1, -0.05) is 18.6 Å². The fraction of sp³-hybridized carbons (Fsp3) is 0.588. The summed E-state index contributed by atoms with van der Waals surface area (Å²) in [7, 11) is 1.53. The second-order valence-electron chi connectivity index (χ2n) is 6.14. The predicted octanol–water partition coefficient (Wildman–Crippen LogP) is 3.21. The van der Waals surface area contributed by atoms with Crippen molar-refractivity contribution in [1.82, 2.24) is 5.32 Å². The highest BCUT2D eigenvalue weighted by Gasteiger charge is 2.43. The molecule has 7 heteroatoms. The van der Waals surface area contributed by atoms with Gasteiger partial charge in [0.25, 0.3) is 0 Å². The molecule has 0 spiro atoms. The number of hydrogen-bond acceptors (Lipinski definition) is 3. The molecule has 2 rings (SSSR count). The molecule has 1 aliphatic rings. The normalized spacial score (nSPS) is 22.7. The standard InChI is InChI=1S/C17H22F3NO3/c1-24-14-7-5-11(6-8-14)15(22)10-21-16(23)12-3-2-4-13(9-12)17(18,19)20/h5-8,12-13,15,22H,2-4,9-10H2,1H3,(H,21,23). The summed E-state index contributed by atoms with van der Waals surface area (Å²) < 4.78 is 43.4. The number of aliphatic hydroxyl groups excluding tert-OH is 1. The number of halogens is 3. The quantitative estimate of drug-likeness (QED) is 0.861. The van der Waals surface area contributed by atoms with Crippen LogP contribution in [0.5, 0.6) is 5.75 Å². The van der Waals surface area contributed by atoms with Gasteiger partial charge >= 0.3 is 6.18 Å². The molecule has 2 N–H and O–H groups in total. The van der Waals surface area contributed by atoms with E-state index in [0.29, 0.717) is 24.2 Å². The van der Waals surface area contributed by atoms with Gasteiger partial charge in [-0.2, -0.15) is 13.2 Å². The molecule has 3 unspecified atom stereocenters. The first-order valence-electron chi connectivity index (χ1n) is 7.97. The Morgan fingerprint density at radius 1 is 1.33 bits per heavy atom. The molecule has 0 saturated heterocycles. The monoisotopic (exact) mass is 345 g/mol. The topological polar surface area (TPSA) is 58.6 Å². The smallest absolute Gasteiger partial charge is 0.391 e. The van der Waals surface area contributed by atoms with Gasteiger partial charge < -0.3 is 15.2 Å². The van der Waals surface area contributed by atoms with Crippen molar-refractivity contribution in [3.63, 3.8) is 0 Å². The molecule has 1 aliphatic carbocycles. The summed E-state index contributed by atoms with van der Waals surface area (Å²) in [5.41, 5.74) is 0.605. The van der Waals surface area contributed by atoms with E-state index in [4.69, 9.17) is 4.74 Å². The largest absolute Gasteiger partial charge is 0.497 e. The van der Waals surface area contributed by atoms with E-state index in [-0.39, 0.29) is 19.4 Å². The molecular formula is C17H22F3NO3. The maximum atomic E-state index is 12.8. The summed E-state index contributed by atoms with van der Waals surface area (Å²) in [6, 6.07) is 6.73. The van der Waals surface area contributed by atoms with E-state index in [9.17, 15) is 23.1 Å². The van der Waals surface area contributed by atoms with E-state index in [1.165, 1.54) is 7.11 Å². The van der Waals surface area contributed by atoms with Crippen molar-refractivity contribution in [1.29, 1.82) is 0 Å². The van der Waals surface area contributed by atoms with Crippen LogP contribution in [0, 0.1) is 11.8 Å². The highest BCUT2D eigenvalue weighted by molar-refractivity contribution is 5.78. The van der Waals surface area contributed by atoms with Crippen molar-refractivity contribution in [3.05, 3.63) is 29.8 Å². The minimum Gasteiger partial charge on any atom is -0.497 e. The Labute approximate surface area is 139 Å². The second-order valence-corrected chi connectivity index (χ2v) is 6.14. The Morgan fingerprint density at radius 3 is 2.58 bits per heavy atom. The number of aliphatic hydroxyl groups is 1. The molecule has 0 aromatic heterocycles. The number of rotatable bonds is 5. The van der Waals surface area contributed by atoms with Crippen LogP contribution < -0.4 is 10.1 Å². The number of benzene rings is 1. The molecule has 0 bridgehead atoms. The van der Waals surface area contributed by atoms with E-state index in [2.05, 4.69) is 5.32 Å². The van der Waals surface area contributed by atoms with Gasteiger partial charge in [-0.05, 0) is 37.0 Å². The molecule has 1 amide bonds. The number of amides is 1. The molecule has 4 nitrogen and oxygen atoms in total. The number of carbonyl (C=O) groups excluding carboxylic acids is 1. The number of nitrogens with one attached hydrogen (secondary N) is 1. The van der Waals surface area contributed by atoms with E-state index >= 15 is 0 Å². The van der Waals surface area contributed by atoms with Gasteiger partial charge in [-0.15, -0.1) is 0 Å². The van der Waals surface area contributed by atoms with Gasteiger partial charge in [0.05, 0.1) is 19.1 Å². The predicted molar refractivity (Wildman–Crippen MR) is 82.5 cm³/mol. The van der Waals surface area contributed by atoms with Gasteiger partial charge in [0.15, 0.2) is 0 Å². The number of methoxy groups -OCH3 is 1. The summed E-state index contributed by atoms with van der Waals surface area (Å²) >= 11 is 0. The Balaban J connectivity index is 1.85. The van der Waals surface area contributed by atoms with Crippen molar-refractivity contribution < 1.29 is 27.8 Å². The molecule has 1 saturated carbocycles. The van der Waals surface area contributed by atoms with E-state index < -0.39 is 30.0 Å². The minimum atomic E-state index is -4.25. The average Bonchev–Trinajstić information content (AvgIpc) is 2.58. The third kappa shape index (κ3) is 4.87. The van der Waals surface area contributed by atoms with Crippen molar-refractivity contribution in [2.24, 2.45) is 11.8 Å². The van der Waals surface area contributed by atoms with Gasteiger partial charge in [0, 0.05) is 12.5 Å². The maximum Gasteiger partial charge on any atom is 0.391 e. The minimum absolute atomic E-state index is 0.0294. The summed E-state index contributed by atoms with van der Waals surface area (Å²) in [5, 5.41) is 12.6. The van der Waals surface area contributed by atoms with Crippen LogP contribution in [-0.2, 0) is 4.79 Å². The SMILES string of the molecule is COc1ccc(C(O)CNC(=O)C2CCCC(C(F)(F)F)C2)cc1. The van der Waals surface area contributed by atoms with Crippen molar-refractivity contribution >= 4 is 5.91 Å². The van der Waals surface area contributed by atoms with E-state index in [1.54, 1.807) is 24.3 Å².